The van der Waals surface area contributed by atoms with Crippen molar-refractivity contribution in [2.24, 2.45) is 0 Å². The van der Waals surface area contributed by atoms with Gasteiger partial charge in [-0.05, 0) is 165 Å². The van der Waals surface area contributed by atoms with Crippen LogP contribution in [0.25, 0.3) is 0 Å². The number of benzene rings is 6. The Hall–Kier alpha value is -8.06. The van der Waals surface area contributed by atoms with Crippen LogP contribution < -0.4 is 28.4 Å². The van der Waals surface area contributed by atoms with Crippen LogP contribution in [0.4, 0.5) is 0 Å². The summed E-state index contributed by atoms with van der Waals surface area (Å²) >= 11 is 0. The predicted molar refractivity (Wildman–Crippen MR) is 305 cm³/mol. The van der Waals surface area contributed by atoms with Crippen LogP contribution in [0.2, 0.25) is 0 Å². The standard InChI is InChI=1S/C66H75NO12/c1-4-7-10-13-16-19-46-67(61(68)49-22-38-57(39-23-49)76-65(72)53-30-42-59(43-31-53)78-63(70)51-26-34-55(35-27-51)74-47-20-17-14-11-8-5-2)62(69)50-24-40-58(41-25-50)77-66(73)54-32-44-60(45-33-54)79-64(71)52-28-36-56(37-29-52)75-48-21-18-15-12-9-6-3/h22-45H,4-21,46-48H2,1-3H3. The molecule has 6 rings (SSSR count). The molecule has 13 nitrogen and oxygen atoms in total. The molecule has 79 heavy (non-hydrogen) atoms. The minimum atomic E-state index is -0.666. The van der Waals surface area contributed by atoms with Gasteiger partial charge in [0.05, 0.1) is 35.5 Å². The molecule has 13 heteroatoms. The number of ether oxygens (including phenoxy) is 6. The van der Waals surface area contributed by atoms with E-state index in [1.807, 2.05) is 0 Å². The third kappa shape index (κ3) is 20.4. The summed E-state index contributed by atoms with van der Waals surface area (Å²) in [6.07, 6.45) is 19.7. The fourth-order valence-electron chi connectivity index (χ4n) is 8.49. The second-order valence-corrected chi connectivity index (χ2v) is 19.5. The van der Waals surface area contributed by atoms with Gasteiger partial charge in [-0.25, -0.2) is 19.2 Å². The summed E-state index contributed by atoms with van der Waals surface area (Å²) in [5.74, 6) is -1.28. The number of carbonyl (C=O) groups is 6. The van der Waals surface area contributed by atoms with Crippen LogP contribution in [-0.2, 0) is 0 Å². The Morgan fingerprint density at radius 1 is 0.278 bits per heavy atom. The number of nitrogens with zero attached hydrogens (tertiary/aromatic N) is 1. The molecule has 0 aliphatic carbocycles. The summed E-state index contributed by atoms with van der Waals surface area (Å²) in [6.45, 7) is 7.95. The first-order chi connectivity index (χ1) is 38.5. The van der Waals surface area contributed by atoms with Crippen LogP contribution in [-0.4, -0.2) is 60.4 Å². The number of hydrogen-bond acceptors (Lipinski definition) is 12. The molecule has 0 atom stereocenters. The highest BCUT2D eigenvalue weighted by atomic mass is 16.5. The summed E-state index contributed by atoms with van der Waals surface area (Å²) in [5, 5.41) is 0. The van der Waals surface area contributed by atoms with Gasteiger partial charge in [-0.15, -0.1) is 0 Å². The molecule has 0 aromatic heterocycles. The predicted octanol–water partition coefficient (Wildman–Crippen LogP) is 15.7. The van der Waals surface area contributed by atoms with E-state index in [4.69, 9.17) is 28.4 Å². The minimum absolute atomic E-state index is 0.176. The van der Waals surface area contributed by atoms with E-state index < -0.39 is 35.7 Å². The first-order valence-corrected chi connectivity index (χ1v) is 28.2. The Kier molecular flexibility index (Phi) is 25.3. The Bertz CT molecular complexity index is 2640. The third-order valence-corrected chi connectivity index (χ3v) is 13.2. The Labute approximate surface area is 465 Å². The largest absolute Gasteiger partial charge is 0.494 e. The van der Waals surface area contributed by atoms with Crippen molar-refractivity contribution in [3.8, 4) is 34.5 Å². The molecule has 0 heterocycles. The van der Waals surface area contributed by atoms with Gasteiger partial charge in [0, 0.05) is 17.7 Å². The van der Waals surface area contributed by atoms with Crippen molar-refractivity contribution in [2.75, 3.05) is 19.8 Å². The smallest absolute Gasteiger partial charge is 0.343 e. The zero-order valence-electron chi connectivity index (χ0n) is 46.1. The van der Waals surface area contributed by atoms with Crippen LogP contribution >= 0.6 is 0 Å². The maximum Gasteiger partial charge on any atom is 0.343 e. The molecule has 0 saturated heterocycles. The van der Waals surface area contributed by atoms with Crippen molar-refractivity contribution in [3.05, 3.63) is 179 Å². The molecule has 0 aliphatic heterocycles. The second kappa shape index (κ2) is 33.3. The lowest BCUT2D eigenvalue weighted by molar-refractivity contribution is 0.0610. The lowest BCUT2D eigenvalue weighted by Crippen LogP contribution is -2.37. The number of imide groups is 1. The number of amides is 2. The van der Waals surface area contributed by atoms with Crippen molar-refractivity contribution in [1.82, 2.24) is 4.90 Å². The van der Waals surface area contributed by atoms with Crippen molar-refractivity contribution >= 4 is 35.7 Å². The molecule has 0 N–H and O–H groups in total. The molecular weight excluding hydrogens is 999 g/mol. The molecule has 416 valence electrons. The van der Waals surface area contributed by atoms with Gasteiger partial charge in [0.15, 0.2) is 0 Å². The fourth-order valence-corrected chi connectivity index (χ4v) is 8.49. The highest BCUT2D eigenvalue weighted by Gasteiger charge is 2.25. The molecule has 2 amide bonds. The van der Waals surface area contributed by atoms with E-state index in [0.717, 1.165) is 57.8 Å². The molecule has 0 spiro atoms. The van der Waals surface area contributed by atoms with Gasteiger partial charge >= 0.3 is 23.9 Å². The molecule has 0 radical (unpaired) electrons. The highest BCUT2D eigenvalue weighted by Crippen LogP contribution is 2.24. The summed E-state index contributed by atoms with van der Waals surface area (Å²) in [5.41, 5.74) is 1.55. The van der Waals surface area contributed by atoms with E-state index in [9.17, 15) is 28.8 Å². The van der Waals surface area contributed by atoms with Crippen molar-refractivity contribution in [1.29, 1.82) is 0 Å². The topological polar surface area (TPSA) is 161 Å². The molecule has 0 aliphatic rings. The van der Waals surface area contributed by atoms with Gasteiger partial charge in [-0.2, -0.15) is 0 Å². The molecule has 0 fully saturated rings. The molecule has 6 aromatic carbocycles. The van der Waals surface area contributed by atoms with Gasteiger partial charge in [-0.3, -0.25) is 14.5 Å². The van der Waals surface area contributed by atoms with Gasteiger partial charge in [-0.1, -0.05) is 117 Å². The van der Waals surface area contributed by atoms with Crippen LogP contribution in [0.1, 0.15) is 198 Å². The second-order valence-electron chi connectivity index (χ2n) is 19.5. The third-order valence-electron chi connectivity index (χ3n) is 13.2. The van der Waals surface area contributed by atoms with Gasteiger partial charge in [0.1, 0.15) is 34.5 Å². The summed E-state index contributed by atoms with van der Waals surface area (Å²) in [4.78, 5) is 81.2. The zero-order chi connectivity index (χ0) is 56.0. The first-order valence-electron chi connectivity index (χ1n) is 28.2. The van der Waals surface area contributed by atoms with Crippen LogP contribution in [0.3, 0.4) is 0 Å². The molecule has 0 bridgehead atoms. The van der Waals surface area contributed by atoms with Gasteiger partial charge < -0.3 is 28.4 Å². The fraction of sp³-hybridized carbons (Fsp3) is 0.364. The highest BCUT2D eigenvalue weighted by molar-refractivity contribution is 6.10. The average Bonchev–Trinajstić information content (AvgIpc) is 3.47. The monoisotopic (exact) mass is 1070 g/mol. The SMILES string of the molecule is CCCCCCCCOc1ccc(C(=O)Oc2ccc(C(=O)Oc3ccc(C(=O)N(CCCCCCCC)C(=O)c4ccc(OC(=O)c5ccc(OC(=O)c6ccc(OCCCCCCCC)cc6)cc5)cc4)cc3)cc2)cc1. The van der Waals surface area contributed by atoms with Crippen LogP contribution in [0, 0.1) is 0 Å². The molecule has 0 unspecified atom stereocenters. The molecule has 0 saturated carbocycles. The van der Waals surface area contributed by atoms with E-state index in [2.05, 4.69) is 20.8 Å². The van der Waals surface area contributed by atoms with E-state index in [1.165, 1.54) is 153 Å². The summed E-state index contributed by atoms with van der Waals surface area (Å²) in [7, 11) is 0. The van der Waals surface area contributed by atoms with Crippen molar-refractivity contribution < 1.29 is 57.2 Å². The Balaban J connectivity index is 0.980. The average molecular weight is 1070 g/mol. The van der Waals surface area contributed by atoms with Crippen LogP contribution in [0.15, 0.2) is 146 Å². The van der Waals surface area contributed by atoms with E-state index in [0.29, 0.717) is 42.3 Å². The van der Waals surface area contributed by atoms with E-state index in [-0.39, 0.29) is 51.8 Å². The first kappa shape index (κ1) is 60.2. The zero-order valence-corrected chi connectivity index (χ0v) is 46.1. The maximum atomic E-state index is 14.0. The molecule has 6 aromatic rings. The number of rotatable bonds is 33. The Morgan fingerprint density at radius 2 is 0.506 bits per heavy atom. The number of unbranched alkanes of at least 4 members (excludes halogenated alkanes) is 15. The van der Waals surface area contributed by atoms with E-state index >= 15 is 0 Å². The van der Waals surface area contributed by atoms with E-state index in [1.54, 1.807) is 48.5 Å². The summed E-state index contributed by atoms with van der Waals surface area (Å²) in [6, 6.07) is 37.4. The Morgan fingerprint density at radius 3 is 0.785 bits per heavy atom. The van der Waals surface area contributed by atoms with Crippen molar-refractivity contribution in [2.45, 2.75) is 136 Å². The van der Waals surface area contributed by atoms with Crippen LogP contribution in [0.5, 0.6) is 34.5 Å². The maximum absolute atomic E-state index is 14.0. The number of hydrogen-bond donors (Lipinski definition) is 0. The minimum Gasteiger partial charge on any atom is -0.494 e. The lowest BCUT2D eigenvalue weighted by atomic mass is 10.1. The normalized spacial score (nSPS) is 10.8. The van der Waals surface area contributed by atoms with Gasteiger partial charge in [0.25, 0.3) is 11.8 Å². The van der Waals surface area contributed by atoms with Gasteiger partial charge in [0.2, 0.25) is 0 Å². The summed E-state index contributed by atoms with van der Waals surface area (Å²) < 4.78 is 33.9. The number of esters is 4. The molecular formula is C66H75NO12. The number of carbonyl (C=O) groups excluding carboxylic acids is 6. The lowest BCUT2D eigenvalue weighted by Gasteiger charge is -2.21. The van der Waals surface area contributed by atoms with Crippen molar-refractivity contribution in [3.63, 3.8) is 0 Å². The quantitative estimate of drug-likeness (QED) is 0.0166.